The summed E-state index contributed by atoms with van der Waals surface area (Å²) < 4.78 is 40.3. The Hall–Kier alpha value is -3.43. The molecular formula is C32H38O17. The molecule has 3 aliphatic rings. The van der Waals surface area contributed by atoms with Gasteiger partial charge >= 0.3 is 0 Å². The topological polar surface area (TPSA) is 268 Å². The molecule has 3 aliphatic heterocycles. The van der Waals surface area contributed by atoms with E-state index in [4.69, 9.17) is 32.8 Å². The van der Waals surface area contributed by atoms with Crippen LogP contribution in [-0.2, 0) is 18.9 Å². The lowest BCUT2D eigenvalue weighted by molar-refractivity contribution is -0.341. The van der Waals surface area contributed by atoms with Crippen LogP contribution < -0.4 is 14.9 Å². The van der Waals surface area contributed by atoms with E-state index in [2.05, 4.69) is 0 Å². The summed E-state index contributed by atoms with van der Waals surface area (Å²) in [5.41, 5.74) is -0.510. The first-order valence-corrected chi connectivity index (χ1v) is 15.5. The first-order chi connectivity index (χ1) is 23.2. The van der Waals surface area contributed by atoms with Gasteiger partial charge in [-0.1, -0.05) is 0 Å². The summed E-state index contributed by atoms with van der Waals surface area (Å²) in [5, 5.41) is 92.4. The molecule has 0 unspecified atom stereocenters. The predicted molar refractivity (Wildman–Crippen MR) is 162 cm³/mol. The number of benzene rings is 2. The van der Waals surface area contributed by atoms with Crippen molar-refractivity contribution >= 4 is 11.0 Å². The van der Waals surface area contributed by atoms with Crippen molar-refractivity contribution < 1.29 is 78.8 Å². The molecule has 14 atom stereocenters. The minimum Gasteiger partial charge on any atom is -0.508 e. The molecule has 3 aromatic rings. The monoisotopic (exact) mass is 694 g/mol. The largest absolute Gasteiger partial charge is 0.508 e. The van der Waals surface area contributed by atoms with Crippen LogP contribution in [0.25, 0.3) is 22.3 Å². The number of ether oxygens (including phenoxy) is 6. The van der Waals surface area contributed by atoms with Crippen LogP contribution in [-0.4, -0.2) is 139 Å². The molecule has 4 heterocycles. The number of fused-ring (bicyclic) bond motifs is 1. The van der Waals surface area contributed by atoms with Crippen molar-refractivity contribution in [3.05, 3.63) is 52.7 Å². The summed E-state index contributed by atoms with van der Waals surface area (Å²) in [7, 11) is 0. The van der Waals surface area contributed by atoms with Crippen molar-refractivity contribution in [1.82, 2.24) is 0 Å². The normalized spacial score (nSPS) is 38.3. The lowest BCUT2D eigenvalue weighted by atomic mass is 9.99. The van der Waals surface area contributed by atoms with E-state index in [1.54, 1.807) is 0 Å². The maximum Gasteiger partial charge on any atom is 0.235 e. The third-order valence-corrected chi connectivity index (χ3v) is 8.78. The van der Waals surface area contributed by atoms with Gasteiger partial charge in [-0.15, -0.1) is 0 Å². The van der Waals surface area contributed by atoms with Crippen LogP contribution in [0.3, 0.4) is 0 Å². The quantitative estimate of drug-likeness (QED) is 0.130. The molecule has 2 aromatic carbocycles. The van der Waals surface area contributed by atoms with Crippen LogP contribution in [0.15, 0.2) is 51.7 Å². The van der Waals surface area contributed by atoms with Gasteiger partial charge in [0.15, 0.2) is 18.2 Å². The van der Waals surface area contributed by atoms with Crippen molar-refractivity contribution in [1.29, 1.82) is 0 Å². The highest BCUT2D eigenvalue weighted by molar-refractivity contribution is 5.83. The highest BCUT2D eigenvalue weighted by atomic mass is 16.8. The number of aromatic hydroxyl groups is 1. The molecule has 0 saturated carbocycles. The van der Waals surface area contributed by atoms with Crippen molar-refractivity contribution in [3.8, 4) is 28.6 Å². The Balaban J connectivity index is 1.37. The summed E-state index contributed by atoms with van der Waals surface area (Å²) in [6.07, 6.45) is -20.7. The second kappa shape index (κ2) is 14.1. The van der Waals surface area contributed by atoms with Gasteiger partial charge < -0.3 is 78.8 Å². The zero-order chi connectivity index (χ0) is 35.3. The Labute approximate surface area is 277 Å². The first-order valence-electron chi connectivity index (χ1n) is 15.5. The second-order valence-electron chi connectivity index (χ2n) is 12.3. The lowest BCUT2D eigenvalue weighted by Crippen LogP contribution is -2.62. The van der Waals surface area contributed by atoms with E-state index in [0.717, 1.165) is 0 Å². The Kier molecular flexibility index (Phi) is 10.2. The molecule has 0 amide bonds. The van der Waals surface area contributed by atoms with E-state index in [1.165, 1.54) is 56.3 Å². The number of hydrogen-bond donors (Lipinski definition) is 9. The molecule has 1 aromatic heterocycles. The molecule has 3 saturated heterocycles. The molecule has 0 aliphatic carbocycles. The van der Waals surface area contributed by atoms with E-state index >= 15 is 0 Å². The standard InChI is InChI=1S/C32H38O17/c1-11-19(35)23(39)26(42)31(44-11)46-15-7-8-16-18(9-15)47-27(13-3-5-14(33)6-4-13)28(21(16)37)48-32-29(24(40)20(36)12(2)45-32)49-30-25(41)22(38)17(34)10-43-30/h3-9,11-12,17,19-20,22-26,29-36,38-42H,10H2,1-2H3/t11-,12-,17+,19+,20+,22-,23-,24-,25-,26+,29-,30+,31-,32-/m1/s1. The SMILES string of the molecule is C[C@H]1O[C@H](Oc2ccc3c(=O)c(O[C@H]4O[C@H](C)[C@H](O)[C@@H](O)[C@H]4O[C@@H]4OC[C@H](O)[C@@H](O)[C@H]4O)c(-c4ccc(O)cc4)oc3c2)[C@@H](O)[C@H](O)[C@H]1O. The van der Waals surface area contributed by atoms with Crippen LogP contribution in [0.1, 0.15) is 13.8 Å². The van der Waals surface area contributed by atoms with Crippen LogP contribution >= 0.6 is 0 Å². The maximum absolute atomic E-state index is 14.1. The Morgan fingerprint density at radius 3 is 2.02 bits per heavy atom. The van der Waals surface area contributed by atoms with E-state index in [0.29, 0.717) is 0 Å². The molecule has 17 heteroatoms. The number of aliphatic hydroxyl groups excluding tert-OH is 8. The van der Waals surface area contributed by atoms with Gasteiger partial charge in [0.05, 0.1) is 24.2 Å². The molecule has 0 radical (unpaired) electrons. The molecule has 49 heavy (non-hydrogen) atoms. The highest BCUT2D eigenvalue weighted by Crippen LogP contribution is 2.36. The fraction of sp³-hybridized carbons (Fsp3) is 0.531. The Morgan fingerprint density at radius 1 is 0.694 bits per heavy atom. The summed E-state index contributed by atoms with van der Waals surface area (Å²) in [6, 6.07) is 9.56. The van der Waals surface area contributed by atoms with Crippen LogP contribution in [0.4, 0.5) is 0 Å². The number of hydrogen-bond acceptors (Lipinski definition) is 17. The number of aliphatic hydroxyl groups is 8. The molecule has 0 bridgehead atoms. The number of phenolic OH excluding ortho intramolecular Hbond substituents is 1. The van der Waals surface area contributed by atoms with Crippen molar-refractivity contribution in [3.63, 3.8) is 0 Å². The zero-order valence-electron chi connectivity index (χ0n) is 26.1. The molecule has 0 spiro atoms. The lowest BCUT2D eigenvalue weighted by Gasteiger charge is -2.44. The highest BCUT2D eigenvalue weighted by Gasteiger charge is 2.49. The van der Waals surface area contributed by atoms with E-state index in [9.17, 15) is 50.8 Å². The molecular weight excluding hydrogens is 656 g/mol. The van der Waals surface area contributed by atoms with Gasteiger partial charge in [-0.3, -0.25) is 4.79 Å². The van der Waals surface area contributed by atoms with Crippen LogP contribution in [0, 0.1) is 0 Å². The van der Waals surface area contributed by atoms with Crippen LogP contribution in [0.5, 0.6) is 17.2 Å². The average molecular weight is 695 g/mol. The van der Waals surface area contributed by atoms with Crippen molar-refractivity contribution in [2.24, 2.45) is 0 Å². The molecule has 17 nitrogen and oxygen atoms in total. The molecule has 3 fully saturated rings. The van der Waals surface area contributed by atoms with Crippen molar-refractivity contribution in [2.45, 2.75) is 99.9 Å². The van der Waals surface area contributed by atoms with Gasteiger partial charge in [0.25, 0.3) is 0 Å². The predicted octanol–water partition coefficient (Wildman–Crippen LogP) is -1.96. The Morgan fingerprint density at radius 2 is 1.33 bits per heavy atom. The summed E-state index contributed by atoms with van der Waals surface area (Å²) >= 11 is 0. The van der Waals surface area contributed by atoms with E-state index in [-0.39, 0.29) is 33.8 Å². The third kappa shape index (κ3) is 6.85. The maximum atomic E-state index is 14.1. The second-order valence-corrected chi connectivity index (χ2v) is 12.3. The van der Waals surface area contributed by atoms with E-state index in [1.807, 2.05) is 0 Å². The van der Waals surface area contributed by atoms with Gasteiger partial charge in [-0.05, 0) is 50.2 Å². The zero-order valence-corrected chi connectivity index (χ0v) is 26.1. The van der Waals surface area contributed by atoms with Gasteiger partial charge in [-0.2, -0.15) is 0 Å². The fourth-order valence-corrected chi connectivity index (χ4v) is 5.80. The van der Waals surface area contributed by atoms with Gasteiger partial charge in [0.2, 0.25) is 23.8 Å². The molecule has 6 rings (SSSR count). The minimum absolute atomic E-state index is 0.0238. The first kappa shape index (κ1) is 35.4. The fourth-order valence-electron chi connectivity index (χ4n) is 5.80. The summed E-state index contributed by atoms with van der Waals surface area (Å²) in [6.45, 7) is 2.51. The van der Waals surface area contributed by atoms with Gasteiger partial charge in [0, 0.05) is 11.6 Å². The van der Waals surface area contributed by atoms with Crippen molar-refractivity contribution in [2.75, 3.05) is 6.61 Å². The van der Waals surface area contributed by atoms with Gasteiger partial charge in [0.1, 0.15) is 65.9 Å². The average Bonchev–Trinajstić information content (AvgIpc) is 3.08. The summed E-state index contributed by atoms with van der Waals surface area (Å²) in [4.78, 5) is 14.1. The smallest absolute Gasteiger partial charge is 0.235 e. The van der Waals surface area contributed by atoms with E-state index < -0.39 is 104 Å². The molecule has 9 N–H and O–H groups in total. The minimum atomic E-state index is -1.76. The number of phenols is 1. The third-order valence-electron chi connectivity index (χ3n) is 8.78. The molecule has 268 valence electrons. The van der Waals surface area contributed by atoms with Crippen LogP contribution in [0.2, 0.25) is 0 Å². The number of rotatable bonds is 7. The summed E-state index contributed by atoms with van der Waals surface area (Å²) in [5.74, 6) is -0.627. The van der Waals surface area contributed by atoms with Gasteiger partial charge in [-0.25, -0.2) is 0 Å². The Bertz CT molecular complexity index is 1660.